The molecule has 4 rings (SSSR count). The molecule has 3 aromatic rings. The van der Waals surface area contributed by atoms with Crippen molar-refractivity contribution in [3.05, 3.63) is 88.4 Å². The van der Waals surface area contributed by atoms with Crippen molar-refractivity contribution in [2.24, 2.45) is 0 Å². The SMILES string of the molecule is O=C(O)CCN(C(=O)OCC1c2ccccc2-c2ccccc21)c1cccc(Br)c1. The van der Waals surface area contributed by atoms with Gasteiger partial charge in [-0.3, -0.25) is 9.69 Å². The molecular formula is C24H20BrNO4. The number of carbonyl (C=O) groups excluding carboxylic acids is 1. The molecule has 0 unspecified atom stereocenters. The fourth-order valence-electron chi connectivity index (χ4n) is 3.85. The number of nitrogens with zero attached hydrogens (tertiary/aromatic N) is 1. The molecule has 0 saturated carbocycles. The number of benzene rings is 3. The van der Waals surface area contributed by atoms with Crippen LogP contribution in [0.1, 0.15) is 23.5 Å². The molecule has 1 aliphatic rings. The van der Waals surface area contributed by atoms with E-state index in [1.165, 1.54) is 4.90 Å². The van der Waals surface area contributed by atoms with Gasteiger partial charge in [0.25, 0.3) is 0 Å². The third kappa shape index (κ3) is 4.09. The number of hydrogen-bond donors (Lipinski definition) is 1. The van der Waals surface area contributed by atoms with Crippen molar-refractivity contribution < 1.29 is 19.4 Å². The predicted molar refractivity (Wildman–Crippen MR) is 119 cm³/mol. The summed E-state index contributed by atoms with van der Waals surface area (Å²) in [6, 6.07) is 23.4. The third-order valence-electron chi connectivity index (χ3n) is 5.23. The number of rotatable bonds is 6. The summed E-state index contributed by atoms with van der Waals surface area (Å²) in [4.78, 5) is 25.4. The summed E-state index contributed by atoms with van der Waals surface area (Å²) in [6.45, 7) is 0.215. The van der Waals surface area contributed by atoms with Crippen molar-refractivity contribution in [3.8, 4) is 11.1 Å². The molecule has 5 nitrogen and oxygen atoms in total. The highest BCUT2D eigenvalue weighted by Crippen LogP contribution is 2.44. The molecule has 0 heterocycles. The second kappa shape index (κ2) is 8.71. The van der Waals surface area contributed by atoms with Gasteiger partial charge < -0.3 is 9.84 Å². The number of hydrogen-bond acceptors (Lipinski definition) is 3. The number of amides is 1. The van der Waals surface area contributed by atoms with Crippen LogP contribution in [0.15, 0.2) is 77.3 Å². The van der Waals surface area contributed by atoms with Crippen molar-refractivity contribution in [2.75, 3.05) is 18.1 Å². The number of ether oxygens (including phenoxy) is 1. The summed E-state index contributed by atoms with van der Waals surface area (Å²) < 4.78 is 6.51. The largest absolute Gasteiger partial charge is 0.481 e. The maximum absolute atomic E-state index is 12.9. The lowest BCUT2D eigenvalue weighted by Gasteiger charge is -2.23. The highest BCUT2D eigenvalue weighted by Gasteiger charge is 2.30. The Morgan fingerprint density at radius 3 is 2.17 bits per heavy atom. The maximum atomic E-state index is 12.9. The molecule has 1 N–H and O–H groups in total. The van der Waals surface area contributed by atoms with Gasteiger partial charge in [-0.05, 0) is 40.5 Å². The second-order valence-corrected chi connectivity index (χ2v) is 7.99. The molecule has 0 aliphatic heterocycles. The van der Waals surface area contributed by atoms with Crippen LogP contribution in [0.4, 0.5) is 10.5 Å². The first kappa shape index (κ1) is 20.2. The van der Waals surface area contributed by atoms with E-state index in [9.17, 15) is 9.59 Å². The normalized spacial score (nSPS) is 12.2. The third-order valence-corrected chi connectivity index (χ3v) is 5.72. The lowest BCUT2D eigenvalue weighted by Crippen LogP contribution is -2.34. The fourth-order valence-corrected chi connectivity index (χ4v) is 4.24. The molecule has 0 bridgehead atoms. The highest BCUT2D eigenvalue weighted by molar-refractivity contribution is 9.10. The van der Waals surface area contributed by atoms with E-state index in [0.29, 0.717) is 5.69 Å². The second-order valence-electron chi connectivity index (χ2n) is 7.08. The molecule has 3 aromatic carbocycles. The van der Waals surface area contributed by atoms with E-state index in [1.807, 2.05) is 30.3 Å². The Bertz CT molecular complexity index is 1050. The van der Waals surface area contributed by atoms with Crippen LogP contribution in [0.25, 0.3) is 11.1 Å². The van der Waals surface area contributed by atoms with Gasteiger partial charge in [0.15, 0.2) is 0 Å². The Labute approximate surface area is 183 Å². The Balaban J connectivity index is 1.55. The molecule has 0 fully saturated rings. The molecule has 0 radical (unpaired) electrons. The van der Waals surface area contributed by atoms with Gasteiger partial charge in [-0.1, -0.05) is 70.5 Å². The van der Waals surface area contributed by atoms with Gasteiger partial charge in [0.2, 0.25) is 0 Å². The van der Waals surface area contributed by atoms with E-state index in [2.05, 4.69) is 40.2 Å². The zero-order valence-electron chi connectivity index (χ0n) is 16.1. The Morgan fingerprint density at radius 2 is 1.57 bits per heavy atom. The van der Waals surface area contributed by atoms with E-state index >= 15 is 0 Å². The number of halogens is 1. The number of carboxylic acids is 1. The van der Waals surface area contributed by atoms with Gasteiger partial charge in [0.1, 0.15) is 6.61 Å². The van der Waals surface area contributed by atoms with Gasteiger partial charge in [0.05, 0.1) is 6.42 Å². The standard InChI is InChI=1S/C24H20BrNO4/c25-16-6-5-7-17(14-16)26(13-12-23(27)28)24(29)30-15-22-20-10-3-1-8-18(20)19-9-2-4-11-21(19)22/h1-11,14,22H,12-13,15H2,(H,27,28). The van der Waals surface area contributed by atoms with Crippen molar-refractivity contribution in [1.82, 2.24) is 0 Å². The monoisotopic (exact) mass is 465 g/mol. The molecule has 1 amide bonds. The molecule has 1 aliphatic carbocycles. The first-order valence-electron chi connectivity index (χ1n) is 9.64. The molecule has 6 heteroatoms. The van der Waals surface area contributed by atoms with Gasteiger partial charge in [-0.25, -0.2) is 4.79 Å². The van der Waals surface area contributed by atoms with Crippen molar-refractivity contribution in [2.45, 2.75) is 12.3 Å². The Kier molecular flexibility index (Phi) is 5.86. The van der Waals surface area contributed by atoms with E-state index < -0.39 is 12.1 Å². The summed E-state index contributed by atoms with van der Waals surface area (Å²) >= 11 is 3.39. The fraction of sp³-hybridized carbons (Fsp3) is 0.167. The van der Waals surface area contributed by atoms with Crippen LogP contribution in [0.2, 0.25) is 0 Å². The highest BCUT2D eigenvalue weighted by atomic mass is 79.9. The Morgan fingerprint density at radius 1 is 0.933 bits per heavy atom. The molecule has 152 valence electrons. The van der Waals surface area contributed by atoms with Crippen LogP contribution in [0.3, 0.4) is 0 Å². The van der Waals surface area contributed by atoms with E-state index in [0.717, 1.165) is 26.7 Å². The average Bonchev–Trinajstić information content (AvgIpc) is 3.06. The summed E-state index contributed by atoms with van der Waals surface area (Å²) in [5, 5.41) is 9.08. The molecule has 0 atom stereocenters. The quantitative estimate of drug-likeness (QED) is 0.508. The van der Waals surface area contributed by atoms with E-state index in [4.69, 9.17) is 9.84 Å². The number of fused-ring (bicyclic) bond motifs is 3. The van der Waals surface area contributed by atoms with Gasteiger partial charge in [-0.2, -0.15) is 0 Å². The molecular weight excluding hydrogens is 446 g/mol. The first-order valence-corrected chi connectivity index (χ1v) is 10.4. The van der Waals surface area contributed by atoms with Crippen LogP contribution in [0.5, 0.6) is 0 Å². The minimum Gasteiger partial charge on any atom is -0.481 e. The smallest absolute Gasteiger partial charge is 0.414 e. The zero-order chi connectivity index (χ0) is 21.1. The molecule has 30 heavy (non-hydrogen) atoms. The number of carboxylic acid groups (broad SMARTS) is 1. The lowest BCUT2D eigenvalue weighted by molar-refractivity contribution is -0.136. The van der Waals surface area contributed by atoms with Gasteiger partial charge in [-0.15, -0.1) is 0 Å². The maximum Gasteiger partial charge on any atom is 0.414 e. The number of carbonyl (C=O) groups is 2. The van der Waals surface area contributed by atoms with Gasteiger partial charge >= 0.3 is 12.1 Å². The van der Waals surface area contributed by atoms with Crippen LogP contribution < -0.4 is 4.90 Å². The number of anilines is 1. The van der Waals surface area contributed by atoms with Crippen molar-refractivity contribution in [1.29, 1.82) is 0 Å². The Hall–Kier alpha value is -3.12. The van der Waals surface area contributed by atoms with Crippen molar-refractivity contribution in [3.63, 3.8) is 0 Å². The lowest BCUT2D eigenvalue weighted by atomic mass is 9.98. The molecule has 0 saturated heterocycles. The van der Waals surface area contributed by atoms with E-state index in [-0.39, 0.29) is 25.5 Å². The van der Waals surface area contributed by atoms with Crippen LogP contribution >= 0.6 is 15.9 Å². The van der Waals surface area contributed by atoms with Crippen molar-refractivity contribution >= 4 is 33.7 Å². The van der Waals surface area contributed by atoms with Crippen LogP contribution in [-0.4, -0.2) is 30.3 Å². The average molecular weight is 466 g/mol. The summed E-state index contributed by atoms with van der Waals surface area (Å²) in [5.74, 6) is -1.02. The zero-order valence-corrected chi connectivity index (χ0v) is 17.7. The first-order chi connectivity index (χ1) is 14.5. The summed E-state index contributed by atoms with van der Waals surface area (Å²) in [5.41, 5.74) is 5.16. The van der Waals surface area contributed by atoms with Crippen LogP contribution in [-0.2, 0) is 9.53 Å². The van der Waals surface area contributed by atoms with E-state index in [1.54, 1.807) is 18.2 Å². The predicted octanol–water partition coefficient (Wildman–Crippen LogP) is 5.68. The summed E-state index contributed by atoms with van der Waals surface area (Å²) in [6.07, 6.45) is -0.729. The minimum atomic E-state index is -0.971. The molecule has 0 aromatic heterocycles. The van der Waals surface area contributed by atoms with Crippen LogP contribution in [0, 0.1) is 0 Å². The van der Waals surface area contributed by atoms with Gasteiger partial charge in [0, 0.05) is 22.6 Å². The molecule has 0 spiro atoms. The minimum absolute atomic E-state index is 0.0302. The number of aliphatic carboxylic acids is 1. The summed E-state index contributed by atoms with van der Waals surface area (Å²) in [7, 11) is 0. The topological polar surface area (TPSA) is 66.8 Å².